The molecule has 6 aromatic rings. The summed E-state index contributed by atoms with van der Waals surface area (Å²) in [5, 5.41) is 0. The van der Waals surface area contributed by atoms with Gasteiger partial charge in [-0.1, -0.05) is 215 Å². The Bertz CT molecular complexity index is 1440. The molecule has 0 bridgehead atoms. The second kappa shape index (κ2) is 12.4. The lowest BCUT2D eigenvalue weighted by Gasteiger charge is -2.16. The Hall–Kier alpha value is -4.81. The van der Waals surface area contributed by atoms with Gasteiger partial charge in [-0.05, 0) is 11.1 Å². The van der Waals surface area contributed by atoms with Gasteiger partial charge in [-0.25, -0.2) is 0 Å². The summed E-state index contributed by atoms with van der Waals surface area (Å²) in [5.41, 5.74) is 10.2. The summed E-state index contributed by atoms with van der Waals surface area (Å²) in [6, 6.07) is 61.0. The summed E-state index contributed by atoms with van der Waals surface area (Å²) in [5.74, 6) is 0. The maximum Gasteiger partial charge on any atom is 0.241 e. The van der Waals surface area contributed by atoms with Crippen molar-refractivity contribution in [3.63, 3.8) is 0 Å². The highest BCUT2D eigenvalue weighted by molar-refractivity contribution is 6.96. The molecular formula is C38H30B2. The fraction of sp³-hybridized carbons (Fsp3) is 0. The Labute approximate surface area is 238 Å². The lowest BCUT2D eigenvalue weighted by Crippen LogP contribution is -2.51. The summed E-state index contributed by atoms with van der Waals surface area (Å²) in [7, 11) is 0. The first-order chi connectivity index (χ1) is 19.8. The fourth-order valence-electron chi connectivity index (χ4n) is 5.53. The molecule has 0 nitrogen and oxygen atoms in total. The van der Waals surface area contributed by atoms with Crippen LogP contribution in [0.1, 0.15) is 11.1 Å². The average molecular weight is 508 g/mol. The predicted molar refractivity (Wildman–Crippen MR) is 177 cm³/mol. The molecule has 0 saturated heterocycles. The number of hydrogen-bond acceptors (Lipinski definition) is 0. The summed E-state index contributed by atoms with van der Waals surface area (Å²) in [4.78, 5) is 0. The van der Waals surface area contributed by atoms with Gasteiger partial charge in [0.05, 0.1) is 0 Å². The minimum Gasteiger partial charge on any atom is -0.0687 e. The molecule has 0 saturated carbocycles. The van der Waals surface area contributed by atoms with E-state index in [2.05, 4.69) is 182 Å². The van der Waals surface area contributed by atoms with E-state index in [9.17, 15) is 0 Å². The molecule has 0 aromatic heterocycles. The first-order valence-corrected chi connectivity index (χ1v) is 13.9. The van der Waals surface area contributed by atoms with Gasteiger partial charge in [0.25, 0.3) is 0 Å². The lowest BCUT2D eigenvalue weighted by molar-refractivity contribution is 1.66. The molecule has 6 aromatic carbocycles. The molecule has 188 valence electrons. The maximum absolute atomic E-state index is 2.26. The van der Waals surface area contributed by atoms with Crippen LogP contribution < -0.4 is 32.8 Å². The number of rotatable bonds is 8. The van der Waals surface area contributed by atoms with Gasteiger partial charge in [0.1, 0.15) is 0 Å². The molecule has 40 heavy (non-hydrogen) atoms. The first kappa shape index (κ1) is 25.5. The Kier molecular flexibility index (Phi) is 7.87. The Balaban J connectivity index is 1.22. The van der Waals surface area contributed by atoms with Gasteiger partial charge >= 0.3 is 0 Å². The van der Waals surface area contributed by atoms with Gasteiger partial charge in [0.15, 0.2) is 0 Å². The van der Waals surface area contributed by atoms with Crippen LogP contribution in [0.25, 0.3) is 12.2 Å². The van der Waals surface area contributed by atoms with E-state index in [0.717, 1.165) is 0 Å². The summed E-state index contributed by atoms with van der Waals surface area (Å²) in [6.07, 6.45) is 4.40. The van der Waals surface area contributed by atoms with Crippen LogP contribution in [0.2, 0.25) is 0 Å². The van der Waals surface area contributed by atoms with Crippen LogP contribution in [0, 0.1) is 0 Å². The van der Waals surface area contributed by atoms with E-state index in [1.54, 1.807) is 0 Å². The lowest BCUT2D eigenvalue weighted by atomic mass is 9.37. The SMILES string of the molecule is C(=C\c1ccc(B(c2ccccc2)c2ccccc2)cc1)/c1ccc(B(c2ccccc2)c2ccccc2)cc1. The van der Waals surface area contributed by atoms with E-state index in [0.29, 0.717) is 0 Å². The zero-order chi connectivity index (χ0) is 27.0. The normalized spacial score (nSPS) is 10.9. The Morgan fingerprint density at radius 3 is 0.725 bits per heavy atom. The van der Waals surface area contributed by atoms with Crippen molar-refractivity contribution in [2.45, 2.75) is 0 Å². The van der Waals surface area contributed by atoms with E-state index in [-0.39, 0.29) is 13.4 Å². The fourth-order valence-corrected chi connectivity index (χ4v) is 5.53. The van der Waals surface area contributed by atoms with E-state index in [1.165, 1.54) is 43.9 Å². The van der Waals surface area contributed by atoms with Crippen molar-refractivity contribution in [3.8, 4) is 0 Å². The molecule has 0 spiro atoms. The van der Waals surface area contributed by atoms with Crippen LogP contribution in [0.4, 0.5) is 0 Å². The minimum absolute atomic E-state index is 0.218. The zero-order valence-corrected chi connectivity index (χ0v) is 22.5. The van der Waals surface area contributed by atoms with E-state index in [4.69, 9.17) is 0 Å². The molecule has 6 rings (SSSR count). The van der Waals surface area contributed by atoms with Crippen molar-refractivity contribution in [1.82, 2.24) is 0 Å². The maximum atomic E-state index is 2.26. The molecule has 0 aliphatic rings. The molecule has 2 heteroatoms. The molecule has 0 aliphatic heterocycles. The van der Waals surface area contributed by atoms with E-state index >= 15 is 0 Å². The van der Waals surface area contributed by atoms with Crippen molar-refractivity contribution in [2.24, 2.45) is 0 Å². The Morgan fingerprint density at radius 1 is 0.250 bits per heavy atom. The third-order valence-electron chi connectivity index (χ3n) is 7.54. The van der Waals surface area contributed by atoms with Crippen molar-refractivity contribution in [2.75, 3.05) is 0 Å². The van der Waals surface area contributed by atoms with Crippen LogP contribution >= 0.6 is 0 Å². The van der Waals surface area contributed by atoms with Crippen LogP contribution in [0.15, 0.2) is 170 Å². The quantitative estimate of drug-likeness (QED) is 0.203. The predicted octanol–water partition coefficient (Wildman–Crippen LogP) is 4.89. The van der Waals surface area contributed by atoms with Crippen LogP contribution in [-0.2, 0) is 0 Å². The smallest absolute Gasteiger partial charge is 0.0687 e. The largest absolute Gasteiger partial charge is 0.241 e. The van der Waals surface area contributed by atoms with Crippen LogP contribution in [0.3, 0.4) is 0 Å². The average Bonchev–Trinajstić information content (AvgIpc) is 3.04. The Morgan fingerprint density at radius 2 is 0.475 bits per heavy atom. The molecule has 0 atom stereocenters. The van der Waals surface area contributed by atoms with Gasteiger partial charge in [-0.2, -0.15) is 0 Å². The second-order valence-corrected chi connectivity index (χ2v) is 10.2. The highest BCUT2D eigenvalue weighted by atomic mass is 14.0. The van der Waals surface area contributed by atoms with E-state index < -0.39 is 0 Å². The standard InChI is InChI=1S/C38H30B2/c1-5-13-33(14-6-1)39(34-15-7-2-8-16-34)37-27-23-31(24-28-37)21-22-32-25-29-38(30-26-32)40(35-17-9-3-10-18-35)36-19-11-4-12-20-36/h1-30H/b22-21+. The molecule has 0 amide bonds. The van der Waals surface area contributed by atoms with Crippen molar-refractivity contribution in [1.29, 1.82) is 0 Å². The molecule has 0 aliphatic carbocycles. The van der Waals surface area contributed by atoms with E-state index in [1.807, 2.05) is 0 Å². The molecule has 0 unspecified atom stereocenters. The molecule has 0 heterocycles. The number of benzene rings is 6. The highest BCUT2D eigenvalue weighted by Gasteiger charge is 2.22. The van der Waals surface area contributed by atoms with Gasteiger partial charge in [0.2, 0.25) is 13.4 Å². The monoisotopic (exact) mass is 508 g/mol. The molecular weight excluding hydrogens is 478 g/mol. The summed E-state index contributed by atoms with van der Waals surface area (Å²) >= 11 is 0. The van der Waals surface area contributed by atoms with Crippen molar-refractivity contribution in [3.05, 3.63) is 181 Å². The number of hydrogen-bond donors (Lipinski definition) is 0. The van der Waals surface area contributed by atoms with Gasteiger partial charge in [0, 0.05) is 0 Å². The summed E-state index contributed by atoms with van der Waals surface area (Å²) < 4.78 is 0. The highest BCUT2D eigenvalue weighted by Crippen LogP contribution is 2.08. The van der Waals surface area contributed by atoms with Crippen LogP contribution in [-0.4, -0.2) is 13.4 Å². The minimum atomic E-state index is 0.218. The molecule has 0 N–H and O–H groups in total. The van der Waals surface area contributed by atoms with Gasteiger partial charge in [-0.15, -0.1) is 0 Å². The first-order valence-electron chi connectivity index (χ1n) is 13.9. The third kappa shape index (κ3) is 5.92. The van der Waals surface area contributed by atoms with Crippen molar-refractivity contribution >= 4 is 58.4 Å². The topological polar surface area (TPSA) is 0 Å². The summed E-state index contributed by atoms with van der Waals surface area (Å²) in [6.45, 7) is 0.435. The van der Waals surface area contributed by atoms with Gasteiger partial charge < -0.3 is 0 Å². The third-order valence-corrected chi connectivity index (χ3v) is 7.54. The van der Waals surface area contributed by atoms with Crippen molar-refractivity contribution < 1.29 is 0 Å². The van der Waals surface area contributed by atoms with Gasteiger partial charge in [-0.3, -0.25) is 0 Å². The van der Waals surface area contributed by atoms with Crippen LogP contribution in [0.5, 0.6) is 0 Å². The second-order valence-electron chi connectivity index (χ2n) is 10.2. The molecule has 0 fully saturated rings. The molecule has 0 radical (unpaired) electrons. The zero-order valence-electron chi connectivity index (χ0n) is 22.5.